The summed E-state index contributed by atoms with van der Waals surface area (Å²) in [7, 11) is 1.64. The number of carbonyl (C=O) groups is 1. The molecule has 132 valence electrons. The van der Waals surface area contributed by atoms with E-state index < -0.39 is 0 Å². The molecule has 2 heterocycles. The van der Waals surface area contributed by atoms with Crippen molar-refractivity contribution in [1.82, 2.24) is 9.88 Å². The van der Waals surface area contributed by atoms with Crippen molar-refractivity contribution >= 4 is 16.7 Å². The summed E-state index contributed by atoms with van der Waals surface area (Å²) in [6.07, 6.45) is 3.23. The van der Waals surface area contributed by atoms with Gasteiger partial charge < -0.3 is 14.6 Å². The van der Waals surface area contributed by atoms with Crippen molar-refractivity contribution in [2.45, 2.75) is 18.9 Å². The number of rotatable bonds is 2. The largest absolute Gasteiger partial charge is 0.493 e. The molecule has 5 nitrogen and oxygen atoms in total. The Morgan fingerprint density at radius 2 is 2.00 bits per heavy atom. The Balaban J connectivity index is 1.69. The Bertz CT molecular complexity index is 1040. The predicted octanol–water partition coefficient (Wildman–Crippen LogP) is 3.18. The summed E-state index contributed by atoms with van der Waals surface area (Å²) in [6, 6.07) is 15.1. The van der Waals surface area contributed by atoms with E-state index in [4.69, 9.17) is 4.74 Å². The fraction of sp³-hybridized carbons (Fsp3) is 0.238. The average molecular weight is 348 g/mol. The highest BCUT2D eigenvalue weighted by molar-refractivity contribution is 5.95. The zero-order chi connectivity index (χ0) is 18.1. The number of carbonyl (C=O) groups excluding carboxylic acids is 1. The lowest BCUT2D eigenvalue weighted by molar-refractivity contribution is 0.0934. The minimum atomic E-state index is -0.188. The van der Waals surface area contributed by atoms with E-state index in [0.29, 0.717) is 12.2 Å². The Labute approximate surface area is 151 Å². The maximum absolute atomic E-state index is 12.7. The quantitative estimate of drug-likeness (QED) is 0.774. The van der Waals surface area contributed by atoms with E-state index in [9.17, 15) is 9.59 Å². The number of nitrogens with zero attached hydrogens (tertiary/aromatic N) is 1. The third-order valence-corrected chi connectivity index (χ3v) is 4.82. The molecule has 3 aromatic rings. The number of fused-ring (bicyclic) bond motifs is 3. The molecule has 0 fully saturated rings. The van der Waals surface area contributed by atoms with Crippen molar-refractivity contribution in [3.63, 3.8) is 0 Å². The van der Waals surface area contributed by atoms with Crippen LogP contribution in [0.15, 0.2) is 59.5 Å². The zero-order valence-corrected chi connectivity index (χ0v) is 14.6. The highest BCUT2D eigenvalue weighted by atomic mass is 16.5. The van der Waals surface area contributed by atoms with Gasteiger partial charge in [0.05, 0.1) is 18.2 Å². The minimum absolute atomic E-state index is 0.123. The van der Waals surface area contributed by atoms with E-state index >= 15 is 0 Å². The Hall–Kier alpha value is -3.08. The van der Waals surface area contributed by atoms with E-state index in [1.807, 2.05) is 24.3 Å². The molecule has 26 heavy (non-hydrogen) atoms. The number of aromatic nitrogens is 1. The lowest BCUT2D eigenvalue weighted by atomic mass is 9.97. The fourth-order valence-corrected chi connectivity index (χ4v) is 3.43. The number of benzene rings is 2. The van der Waals surface area contributed by atoms with Gasteiger partial charge in [0, 0.05) is 30.3 Å². The van der Waals surface area contributed by atoms with E-state index in [1.54, 1.807) is 19.3 Å². The van der Waals surface area contributed by atoms with Gasteiger partial charge in [0.1, 0.15) is 5.75 Å². The second-order valence-electron chi connectivity index (χ2n) is 6.59. The molecule has 2 aromatic carbocycles. The van der Waals surface area contributed by atoms with E-state index in [-0.39, 0.29) is 17.5 Å². The number of aryl methyl sites for hydroxylation is 1. The van der Waals surface area contributed by atoms with Crippen LogP contribution in [0.25, 0.3) is 10.8 Å². The van der Waals surface area contributed by atoms with E-state index in [1.165, 1.54) is 10.6 Å². The van der Waals surface area contributed by atoms with Gasteiger partial charge >= 0.3 is 0 Å². The first-order chi connectivity index (χ1) is 12.6. The van der Waals surface area contributed by atoms with Gasteiger partial charge in [-0.05, 0) is 24.3 Å². The van der Waals surface area contributed by atoms with Gasteiger partial charge in [-0.15, -0.1) is 0 Å². The number of nitrogens with one attached hydrogen (secondary N) is 1. The fourth-order valence-electron chi connectivity index (χ4n) is 3.43. The molecule has 0 unspecified atom stereocenters. The average Bonchev–Trinajstić information content (AvgIpc) is 2.86. The van der Waals surface area contributed by atoms with Crippen LogP contribution in [0.5, 0.6) is 5.75 Å². The van der Waals surface area contributed by atoms with Crippen molar-refractivity contribution in [3.05, 3.63) is 76.2 Å². The molecular weight excluding hydrogens is 328 g/mol. The van der Waals surface area contributed by atoms with Gasteiger partial charge in [-0.3, -0.25) is 9.59 Å². The Morgan fingerprint density at radius 1 is 1.15 bits per heavy atom. The van der Waals surface area contributed by atoms with Gasteiger partial charge in [-0.25, -0.2) is 0 Å². The monoisotopic (exact) mass is 348 g/mol. The first-order valence-corrected chi connectivity index (χ1v) is 8.75. The van der Waals surface area contributed by atoms with Crippen molar-refractivity contribution in [3.8, 4) is 5.75 Å². The highest BCUT2D eigenvalue weighted by Crippen LogP contribution is 2.37. The topological polar surface area (TPSA) is 60.3 Å². The van der Waals surface area contributed by atoms with Crippen LogP contribution in [0.1, 0.15) is 34.8 Å². The summed E-state index contributed by atoms with van der Waals surface area (Å²) >= 11 is 0. The normalized spacial score (nSPS) is 16.4. The first kappa shape index (κ1) is 16.4. The number of hydrogen-bond acceptors (Lipinski definition) is 3. The van der Waals surface area contributed by atoms with Crippen LogP contribution in [-0.4, -0.2) is 17.1 Å². The molecule has 5 heteroatoms. The molecule has 1 atom stereocenters. The molecule has 4 rings (SSSR count). The molecule has 1 aliphatic heterocycles. The van der Waals surface area contributed by atoms with Gasteiger partial charge in [-0.1, -0.05) is 36.4 Å². The molecule has 0 aliphatic carbocycles. The summed E-state index contributed by atoms with van der Waals surface area (Å²) in [5.41, 5.74) is 1.33. The number of ether oxygens (including phenoxy) is 1. The number of hydrogen-bond donors (Lipinski definition) is 1. The maximum Gasteiger partial charge on any atom is 0.253 e. The molecule has 0 spiro atoms. The third kappa shape index (κ3) is 2.96. The molecule has 1 aliphatic rings. The van der Waals surface area contributed by atoms with Crippen LogP contribution in [0.4, 0.5) is 0 Å². The van der Waals surface area contributed by atoms with Crippen LogP contribution in [0.3, 0.4) is 0 Å². The second-order valence-corrected chi connectivity index (χ2v) is 6.59. The van der Waals surface area contributed by atoms with Gasteiger partial charge in [-0.2, -0.15) is 0 Å². The van der Waals surface area contributed by atoms with Gasteiger partial charge in [0.2, 0.25) is 5.56 Å². The summed E-state index contributed by atoms with van der Waals surface area (Å²) < 4.78 is 7.43. The van der Waals surface area contributed by atoms with Crippen molar-refractivity contribution in [1.29, 1.82) is 0 Å². The number of pyridine rings is 1. The van der Waals surface area contributed by atoms with E-state index in [2.05, 4.69) is 17.4 Å². The van der Waals surface area contributed by atoms with Crippen molar-refractivity contribution in [2.75, 3.05) is 6.61 Å². The Kier molecular flexibility index (Phi) is 4.21. The molecule has 1 amide bonds. The van der Waals surface area contributed by atoms with Crippen molar-refractivity contribution in [2.24, 2.45) is 7.05 Å². The lowest BCUT2D eigenvalue weighted by Gasteiger charge is -2.19. The van der Waals surface area contributed by atoms with Crippen LogP contribution < -0.4 is 15.6 Å². The van der Waals surface area contributed by atoms with Crippen molar-refractivity contribution < 1.29 is 9.53 Å². The van der Waals surface area contributed by atoms with Crippen LogP contribution in [-0.2, 0) is 7.05 Å². The van der Waals surface area contributed by atoms with Gasteiger partial charge in [0.25, 0.3) is 5.91 Å². The molecular formula is C21H20N2O3. The zero-order valence-electron chi connectivity index (χ0n) is 14.6. The summed E-state index contributed by atoms with van der Waals surface area (Å²) in [4.78, 5) is 24.2. The van der Waals surface area contributed by atoms with Gasteiger partial charge in [0.15, 0.2) is 0 Å². The third-order valence-electron chi connectivity index (χ3n) is 4.82. The minimum Gasteiger partial charge on any atom is -0.493 e. The first-order valence-electron chi connectivity index (χ1n) is 8.75. The SMILES string of the molecule is Cn1cc(C(=O)N[C@H]2CCCOc3c2ccc2ccccc32)ccc1=O. The highest BCUT2D eigenvalue weighted by Gasteiger charge is 2.23. The molecule has 0 bridgehead atoms. The lowest BCUT2D eigenvalue weighted by Crippen LogP contribution is -2.29. The molecule has 1 N–H and O–H groups in total. The number of amides is 1. The summed E-state index contributed by atoms with van der Waals surface area (Å²) in [6.45, 7) is 0.632. The Morgan fingerprint density at radius 3 is 2.85 bits per heavy atom. The smallest absolute Gasteiger partial charge is 0.253 e. The summed E-state index contributed by atoms with van der Waals surface area (Å²) in [5, 5.41) is 5.29. The summed E-state index contributed by atoms with van der Waals surface area (Å²) in [5.74, 6) is 0.665. The van der Waals surface area contributed by atoms with E-state index in [0.717, 1.165) is 34.9 Å². The van der Waals surface area contributed by atoms with Crippen LogP contribution in [0, 0.1) is 0 Å². The molecule has 0 saturated carbocycles. The predicted molar refractivity (Wildman–Crippen MR) is 101 cm³/mol. The standard InChI is InChI=1S/C21H20N2O3/c1-23-13-15(9-11-19(23)24)21(25)22-18-7-4-12-26-20-16-6-3-2-5-14(16)8-10-17(18)20/h2-3,5-6,8-11,13,18H,4,7,12H2,1H3,(H,22,25)/t18-/m0/s1. The molecule has 0 radical (unpaired) electrons. The van der Waals surface area contributed by atoms with Crippen LogP contribution in [0.2, 0.25) is 0 Å². The molecule has 0 saturated heterocycles. The molecule has 1 aromatic heterocycles. The maximum atomic E-state index is 12.7. The second kappa shape index (κ2) is 6.67. The van der Waals surface area contributed by atoms with Crippen LogP contribution >= 0.6 is 0 Å².